The molecule has 0 amide bonds. The van der Waals surface area contributed by atoms with E-state index in [9.17, 15) is 14.9 Å². The van der Waals surface area contributed by atoms with Crippen LogP contribution in [0.4, 0.5) is 4.39 Å². The third-order valence-electron chi connectivity index (χ3n) is 11.2. The summed E-state index contributed by atoms with van der Waals surface area (Å²) in [4.78, 5) is 28.1. The van der Waals surface area contributed by atoms with Gasteiger partial charge < -0.3 is 32.4 Å². The number of nitriles is 1. The SMILES string of the molecule is COc1ccc(C(OC[C@H]2O[C@@H](n3cc(F)c(=O)[nH]c3=O)[C@H](O[Si](C)(C)C(C)(C)C)[C@@H]2OP(OCCC#N)N(C(C)C)C(C)C)(c2ccccc2)c2ccc(OC)cc2)cc1. The lowest BCUT2D eigenvalue weighted by Gasteiger charge is -2.42. The summed E-state index contributed by atoms with van der Waals surface area (Å²) in [5, 5.41) is 9.17. The molecule has 1 aromatic heterocycles. The van der Waals surface area contributed by atoms with Crippen LogP contribution in [-0.4, -0.2) is 80.4 Å². The molecule has 1 unspecified atom stereocenters. The number of methoxy groups -OCH3 is 2. The first-order chi connectivity index (χ1) is 28.9. The lowest BCUT2D eigenvalue weighted by Crippen LogP contribution is -2.51. The maximum absolute atomic E-state index is 15.2. The van der Waals surface area contributed by atoms with E-state index in [0.717, 1.165) is 27.5 Å². The highest BCUT2D eigenvalue weighted by atomic mass is 31.2. The normalized spacial score (nSPS) is 19.0. The van der Waals surface area contributed by atoms with E-state index in [1.807, 2.05) is 107 Å². The molecule has 330 valence electrons. The minimum absolute atomic E-state index is 0.0486. The van der Waals surface area contributed by atoms with Crippen LogP contribution in [0, 0.1) is 17.1 Å². The molecule has 4 aromatic rings. The monoisotopic (exact) mass is 878 g/mol. The summed E-state index contributed by atoms with van der Waals surface area (Å²) >= 11 is 0. The topological polar surface area (TPSA) is 147 Å². The van der Waals surface area contributed by atoms with Crippen LogP contribution in [0.2, 0.25) is 18.1 Å². The molecule has 0 saturated carbocycles. The van der Waals surface area contributed by atoms with Crippen molar-refractivity contribution in [2.24, 2.45) is 0 Å². The van der Waals surface area contributed by atoms with E-state index in [-0.39, 0.29) is 36.8 Å². The van der Waals surface area contributed by atoms with Gasteiger partial charge in [-0.05, 0) is 86.8 Å². The largest absolute Gasteiger partial charge is 0.497 e. The Morgan fingerprint density at radius 1 is 0.885 bits per heavy atom. The minimum Gasteiger partial charge on any atom is -0.497 e. The van der Waals surface area contributed by atoms with Crippen LogP contribution in [0.3, 0.4) is 0 Å². The predicted molar refractivity (Wildman–Crippen MR) is 236 cm³/mol. The standard InChI is InChI=1S/C45H60FN4O9PSi/c1-30(2)50(31(3)4)60(56-27-15-26-47)58-39-38(57-42(40(39)59-61(10,11)44(5,6)7)49-28-37(46)41(51)48-43(49)52)29-55-45(32-16-13-12-14-17-32,33-18-22-35(53-8)23-19-33)34-20-24-36(54-9)25-21-34/h12-14,16-25,28,30-31,38-40,42H,15,27,29H2,1-11H3,(H,48,51,52)/t38-,39-,40-,42-,60?/m1/s1. The van der Waals surface area contributed by atoms with Gasteiger partial charge in [-0.15, -0.1) is 0 Å². The second-order valence-corrected chi connectivity index (χ2v) is 23.1. The van der Waals surface area contributed by atoms with Crippen LogP contribution in [0.5, 0.6) is 11.5 Å². The minimum atomic E-state index is -2.74. The maximum atomic E-state index is 15.2. The number of rotatable bonds is 19. The van der Waals surface area contributed by atoms with Crippen molar-refractivity contribution in [2.45, 2.75) is 115 Å². The first-order valence-corrected chi connectivity index (χ1v) is 24.5. The summed E-state index contributed by atoms with van der Waals surface area (Å²) in [5.41, 5.74) is -0.944. The first kappa shape index (κ1) is 47.8. The van der Waals surface area contributed by atoms with Gasteiger partial charge in [-0.3, -0.25) is 14.3 Å². The molecule has 0 spiro atoms. The fourth-order valence-corrected chi connectivity index (χ4v) is 10.2. The molecule has 1 saturated heterocycles. The molecule has 1 fully saturated rings. The van der Waals surface area contributed by atoms with E-state index in [1.54, 1.807) is 14.2 Å². The lowest BCUT2D eigenvalue weighted by atomic mass is 9.80. The number of aromatic nitrogens is 2. The molecule has 5 rings (SSSR count). The molecule has 0 radical (unpaired) electrons. The van der Waals surface area contributed by atoms with Gasteiger partial charge in [-0.1, -0.05) is 75.4 Å². The fraction of sp³-hybridized carbons (Fsp3) is 0.489. The van der Waals surface area contributed by atoms with E-state index >= 15 is 4.39 Å². The van der Waals surface area contributed by atoms with E-state index < -0.39 is 64.1 Å². The van der Waals surface area contributed by atoms with Gasteiger partial charge in [0.05, 0.1) is 46.1 Å². The molecule has 3 aromatic carbocycles. The number of benzene rings is 3. The molecule has 61 heavy (non-hydrogen) atoms. The number of aromatic amines is 1. The summed E-state index contributed by atoms with van der Waals surface area (Å²) in [6, 6.07) is 27.1. The Bertz CT molecular complexity index is 2140. The summed E-state index contributed by atoms with van der Waals surface area (Å²) in [6.07, 6.45) is -3.31. The van der Waals surface area contributed by atoms with Crippen LogP contribution >= 0.6 is 8.53 Å². The number of hydrogen-bond acceptors (Lipinski definition) is 11. The van der Waals surface area contributed by atoms with Gasteiger partial charge in [0.2, 0.25) is 5.82 Å². The third-order valence-corrected chi connectivity index (χ3v) is 17.8. The average molecular weight is 879 g/mol. The van der Waals surface area contributed by atoms with Crippen molar-refractivity contribution >= 4 is 16.8 Å². The van der Waals surface area contributed by atoms with Crippen LogP contribution < -0.4 is 20.7 Å². The van der Waals surface area contributed by atoms with E-state index in [4.69, 9.17) is 32.4 Å². The molecule has 2 heterocycles. The van der Waals surface area contributed by atoms with E-state index in [2.05, 4.69) is 49.6 Å². The van der Waals surface area contributed by atoms with Crippen LogP contribution in [-0.2, 0) is 28.5 Å². The number of halogens is 1. The zero-order chi connectivity index (χ0) is 44.7. The van der Waals surface area contributed by atoms with Gasteiger partial charge in [0.25, 0.3) is 14.1 Å². The van der Waals surface area contributed by atoms with Gasteiger partial charge in [0, 0.05) is 12.1 Å². The average Bonchev–Trinajstić information content (AvgIpc) is 3.54. The Morgan fingerprint density at radius 2 is 1.43 bits per heavy atom. The predicted octanol–water partition coefficient (Wildman–Crippen LogP) is 8.65. The number of nitrogens with one attached hydrogen (secondary N) is 1. The molecule has 0 bridgehead atoms. The second kappa shape index (κ2) is 20.3. The summed E-state index contributed by atoms with van der Waals surface area (Å²) in [6.45, 7) is 18.5. The molecule has 1 aliphatic heterocycles. The van der Waals surface area contributed by atoms with E-state index in [0.29, 0.717) is 11.5 Å². The molecular formula is C45H60FN4O9PSi. The second-order valence-electron chi connectivity index (χ2n) is 17.0. The zero-order valence-corrected chi connectivity index (χ0v) is 38.9. The van der Waals surface area contributed by atoms with Crippen molar-refractivity contribution in [3.05, 3.63) is 128 Å². The van der Waals surface area contributed by atoms with Crippen molar-refractivity contribution in [1.82, 2.24) is 14.2 Å². The fourth-order valence-electron chi connectivity index (χ4n) is 7.17. The Kier molecular flexibility index (Phi) is 15.9. The van der Waals surface area contributed by atoms with Gasteiger partial charge in [-0.2, -0.15) is 9.65 Å². The van der Waals surface area contributed by atoms with Crippen LogP contribution in [0.1, 0.15) is 77.8 Å². The maximum Gasteiger partial charge on any atom is 0.330 e. The Morgan fingerprint density at radius 3 is 1.92 bits per heavy atom. The highest BCUT2D eigenvalue weighted by Gasteiger charge is 2.54. The molecule has 5 atom stereocenters. The van der Waals surface area contributed by atoms with Crippen LogP contribution in [0.15, 0.2) is 94.6 Å². The Hall–Kier alpha value is -4.23. The van der Waals surface area contributed by atoms with Gasteiger partial charge in [0.1, 0.15) is 35.4 Å². The zero-order valence-electron chi connectivity index (χ0n) is 37.0. The Labute approximate surface area is 360 Å². The molecule has 13 nitrogen and oxygen atoms in total. The molecule has 16 heteroatoms. The van der Waals surface area contributed by atoms with Crippen molar-refractivity contribution in [3.8, 4) is 17.6 Å². The molecule has 1 N–H and O–H groups in total. The third kappa shape index (κ3) is 10.7. The van der Waals surface area contributed by atoms with Crippen molar-refractivity contribution < 1.29 is 36.8 Å². The quantitative estimate of drug-likeness (QED) is 0.0418. The number of nitrogens with zero attached hydrogens (tertiary/aromatic N) is 3. The Balaban J connectivity index is 1.75. The van der Waals surface area contributed by atoms with E-state index in [1.165, 1.54) is 0 Å². The molecular weight excluding hydrogens is 819 g/mol. The van der Waals surface area contributed by atoms with Crippen molar-refractivity contribution in [3.63, 3.8) is 0 Å². The summed E-state index contributed by atoms with van der Waals surface area (Å²) in [7, 11) is -1.43. The van der Waals surface area contributed by atoms with Gasteiger partial charge >= 0.3 is 5.69 Å². The summed E-state index contributed by atoms with van der Waals surface area (Å²) < 4.78 is 64.4. The van der Waals surface area contributed by atoms with Crippen molar-refractivity contribution in [2.75, 3.05) is 27.4 Å². The van der Waals surface area contributed by atoms with Crippen LogP contribution in [0.25, 0.3) is 0 Å². The van der Waals surface area contributed by atoms with Crippen molar-refractivity contribution in [1.29, 1.82) is 5.26 Å². The number of H-pyrrole nitrogens is 1. The highest BCUT2D eigenvalue weighted by Crippen LogP contribution is 2.52. The number of ether oxygens (including phenoxy) is 4. The summed E-state index contributed by atoms with van der Waals surface area (Å²) in [5.74, 6) is 0.149. The van der Waals surface area contributed by atoms with Gasteiger partial charge in [0.15, 0.2) is 14.5 Å². The highest BCUT2D eigenvalue weighted by molar-refractivity contribution is 7.44. The van der Waals surface area contributed by atoms with Gasteiger partial charge in [-0.25, -0.2) is 9.46 Å². The first-order valence-electron chi connectivity index (χ1n) is 20.5. The lowest BCUT2D eigenvalue weighted by molar-refractivity contribution is -0.0945. The molecule has 1 aliphatic rings. The molecule has 0 aliphatic carbocycles. The smallest absolute Gasteiger partial charge is 0.330 e. The number of hydrogen-bond donors (Lipinski definition) is 1.